The second kappa shape index (κ2) is 10.0. The molecule has 31 heavy (non-hydrogen) atoms. The predicted octanol–water partition coefficient (Wildman–Crippen LogP) is 3.06. The van der Waals surface area contributed by atoms with Gasteiger partial charge in [0.1, 0.15) is 0 Å². The van der Waals surface area contributed by atoms with E-state index in [1.54, 1.807) is 23.1 Å². The summed E-state index contributed by atoms with van der Waals surface area (Å²) >= 11 is 0. The smallest absolute Gasteiger partial charge is 0.276 e. The number of carbonyl (C=O) groups is 2. The molecule has 1 aliphatic rings. The molecule has 7 nitrogen and oxygen atoms in total. The maximum Gasteiger partial charge on any atom is 0.276 e. The van der Waals surface area contributed by atoms with Gasteiger partial charge < -0.3 is 4.90 Å². The zero-order chi connectivity index (χ0) is 22.4. The first-order valence-electron chi connectivity index (χ1n) is 10.6. The largest absolute Gasteiger partial charge is 0.304 e. The molecule has 2 aromatic rings. The highest BCUT2D eigenvalue weighted by atomic mass is 16.7. The number of para-hydroxylation sites is 2. The van der Waals surface area contributed by atoms with Gasteiger partial charge in [-0.15, -0.1) is 0 Å². The van der Waals surface area contributed by atoms with Crippen molar-refractivity contribution in [2.75, 3.05) is 44.7 Å². The van der Waals surface area contributed by atoms with Crippen LogP contribution in [0.2, 0.25) is 0 Å². The Balaban J connectivity index is 1.90. The molecule has 0 radical (unpaired) electrons. The summed E-state index contributed by atoms with van der Waals surface area (Å²) in [7, 11) is 2.09. The maximum absolute atomic E-state index is 13.5. The number of anilines is 2. The van der Waals surface area contributed by atoms with Crippen LogP contribution in [0.25, 0.3) is 0 Å². The first-order chi connectivity index (χ1) is 14.7. The van der Waals surface area contributed by atoms with Crippen LogP contribution in [0.5, 0.6) is 0 Å². The van der Waals surface area contributed by atoms with Gasteiger partial charge in [0.15, 0.2) is 0 Å². The molecule has 0 saturated carbocycles. The highest BCUT2D eigenvalue weighted by Gasteiger charge is 2.26. The lowest BCUT2D eigenvalue weighted by atomic mass is 10.1. The van der Waals surface area contributed by atoms with Crippen molar-refractivity contribution in [1.29, 1.82) is 0 Å². The first-order valence-corrected chi connectivity index (χ1v) is 10.6. The van der Waals surface area contributed by atoms with Crippen LogP contribution in [0.1, 0.15) is 31.1 Å². The van der Waals surface area contributed by atoms with Gasteiger partial charge in [-0.25, -0.2) is 5.48 Å². The van der Waals surface area contributed by atoms with Crippen molar-refractivity contribution in [3.63, 3.8) is 0 Å². The molecule has 1 N–H and O–H groups in total. The monoisotopic (exact) mass is 424 g/mol. The average molecular weight is 425 g/mol. The Bertz CT molecular complexity index is 887. The molecule has 0 aromatic heterocycles. The maximum atomic E-state index is 13.5. The molecule has 3 rings (SSSR count). The second-order valence-corrected chi connectivity index (χ2v) is 8.81. The minimum Gasteiger partial charge on any atom is -0.304 e. The molecule has 0 unspecified atom stereocenters. The third kappa shape index (κ3) is 6.37. The van der Waals surface area contributed by atoms with Gasteiger partial charge >= 0.3 is 0 Å². The van der Waals surface area contributed by atoms with Crippen molar-refractivity contribution in [3.8, 4) is 0 Å². The fraction of sp³-hybridized carbons (Fsp3) is 0.417. The number of likely N-dealkylation sites (N-methyl/N-ethyl adjacent to an activating group) is 1. The molecule has 0 spiro atoms. The zero-order valence-corrected chi connectivity index (χ0v) is 18.8. The quantitative estimate of drug-likeness (QED) is 0.722. The highest BCUT2D eigenvalue weighted by molar-refractivity contribution is 6.08. The number of rotatable bonds is 6. The van der Waals surface area contributed by atoms with Crippen LogP contribution in [0.15, 0.2) is 54.6 Å². The van der Waals surface area contributed by atoms with Crippen molar-refractivity contribution < 1.29 is 14.4 Å². The topological polar surface area (TPSA) is 65.1 Å². The lowest BCUT2D eigenvalue weighted by molar-refractivity contribution is -0.119. The molecule has 1 heterocycles. The van der Waals surface area contributed by atoms with Crippen LogP contribution in [0, 0.1) is 0 Å². The number of hydrogen-bond donors (Lipinski definition) is 1. The first kappa shape index (κ1) is 22.9. The third-order valence-electron chi connectivity index (χ3n) is 5.06. The Morgan fingerprint density at radius 1 is 0.968 bits per heavy atom. The Morgan fingerprint density at radius 3 is 2.23 bits per heavy atom. The van der Waals surface area contributed by atoms with E-state index in [2.05, 4.69) is 22.3 Å². The summed E-state index contributed by atoms with van der Waals surface area (Å²) in [5.74, 6) is -0.466. The lowest BCUT2D eigenvalue weighted by Crippen LogP contribution is -2.48. The molecule has 166 valence electrons. The van der Waals surface area contributed by atoms with E-state index >= 15 is 0 Å². The molecular formula is C24H32N4O3. The van der Waals surface area contributed by atoms with Crippen LogP contribution < -0.4 is 10.4 Å². The molecule has 0 atom stereocenters. The molecular weight excluding hydrogens is 392 g/mol. The number of hydrogen-bond acceptors (Lipinski definition) is 5. The lowest BCUT2D eigenvalue weighted by Gasteiger charge is -2.34. The molecule has 2 aromatic carbocycles. The van der Waals surface area contributed by atoms with Gasteiger partial charge in [-0.1, -0.05) is 30.3 Å². The van der Waals surface area contributed by atoms with Crippen molar-refractivity contribution in [1.82, 2.24) is 15.3 Å². The standard InChI is InChI=1S/C24H32N4O3/c1-24(2,3)31-25-23(30)20-12-8-9-13-21(20)28(19-10-6-5-7-11-19)22(29)18-27-16-14-26(4)15-17-27/h5-13H,14-18H2,1-4H3,(H,25,30). The number of piperazine rings is 1. The van der Waals surface area contributed by atoms with Gasteiger partial charge in [-0.05, 0) is 52.1 Å². The molecule has 1 saturated heterocycles. The fourth-order valence-corrected chi connectivity index (χ4v) is 3.38. The average Bonchev–Trinajstić information content (AvgIpc) is 2.74. The van der Waals surface area contributed by atoms with Crippen molar-refractivity contribution in [2.24, 2.45) is 0 Å². The highest BCUT2D eigenvalue weighted by Crippen LogP contribution is 2.29. The van der Waals surface area contributed by atoms with Gasteiger partial charge in [0.05, 0.1) is 23.4 Å². The van der Waals surface area contributed by atoms with Crippen LogP contribution in [0.4, 0.5) is 11.4 Å². The number of amides is 2. The Labute approximate surface area is 184 Å². The summed E-state index contributed by atoms with van der Waals surface area (Å²) < 4.78 is 0. The SMILES string of the molecule is CN1CCN(CC(=O)N(c2ccccc2)c2ccccc2C(=O)NOC(C)(C)C)CC1. The summed E-state index contributed by atoms with van der Waals surface area (Å²) in [5.41, 5.74) is 3.62. The second-order valence-electron chi connectivity index (χ2n) is 8.81. The summed E-state index contributed by atoms with van der Waals surface area (Å²) in [6, 6.07) is 16.5. The van der Waals surface area contributed by atoms with Gasteiger partial charge in [0.25, 0.3) is 5.91 Å². The Hall–Kier alpha value is -2.74. The van der Waals surface area contributed by atoms with Crippen molar-refractivity contribution in [3.05, 3.63) is 60.2 Å². The van der Waals surface area contributed by atoms with Gasteiger partial charge in [0, 0.05) is 31.9 Å². The van der Waals surface area contributed by atoms with Crippen LogP contribution in [-0.2, 0) is 9.63 Å². The van der Waals surface area contributed by atoms with E-state index in [1.165, 1.54) is 0 Å². The normalized spacial score (nSPS) is 15.5. The van der Waals surface area contributed by atoms with E-state index in [0.29, 0.717) is 11.3 Å². The van der Waals surface area contributed by atoms with E-state index < -0.39 is 5.60 Å². The predicted molar refractivity (Wildman–Crippen MR) is 122 cm³/mol. The Kier molecular flexibility index (Phi) is 7.43. The number of nitrogens with one attached hydrogen (secondary N) is 1. The van der Waals surface area contributed by atoms with Crippen LogP contribution >= 0.6 is 0 Å². The number of carbonyl (C=O) groups excluding carboxylic acids is 2. The Morgan fingerprint density at radius 2 is 1.58 bits per heavy atom. The van der Waals surface area contributed by atoms with E-state index in [1.807, 2.05) is 57.2 Å². The van der Waals surface area contributed by atoms with E-state index in [-0.39, 0.29) is 18.4 Å². The van der Waals surface area contributed by atoms with Crippen LogP contribution in [0.3, 0.4) is 0 Å². The summed E-state index contributed by atoms with van der Waals surface area (Å²) in [6.45, 7) is 9.40. The molecule has 0 aliphatic carbocycles. The summed E-state index contributed by atoms with van der Waals surface area (Å²) in [5, 5.41) is 0. The summed E-state index contributed by atoms with van der Waals surface area (Å²) in [6.07, 6.45) is 0. The molecule has 1 aliphatic heterocycles. The molecule has 0 bridgehead atoms. The van der Waals surface area contributed by atoms with Gasteiger partial charge in [-0.2, -0.15) is 0 Å². The number of benzene rings is 2. The molecule has 2 amide bonds. The van der Waals surface area contributed by atoms with E-state index in [0.717, 1.165) is 31.9 Å². The minimum atomic E-state index is -0.527. The minimum absolute atomic E-state index is 0.0762. The van der Waals surface area contributed by atoms with Gasteiger partial charge in [0.2, 0.25) is 5.91 Å². The van der Waals surface area contributed by atoms with Crippen molar-refractivity contribution >= 4 is 23.2 Å². The summed E-state index contributed by atoms with van der Waals surface area (Å²) in [4.78, 5) is 37.9. The van der Waals surface area contributed by atoms with Crippen molar-refractivity contribution in [2.45, 2.75) is 26.4 Å². The zero-order valence-electron chi connectivity index (χ0n) is 18.8. The van der Waals surface area contributed by atoms with Gasteiger partial charge in [-0.3, -0.25) is 24.2 Å². The molecule has 1 fully saturated rings. The van der Waals surface area contributed by atoms with E-state index in [4.69, 9.17) is 4.84 Å². The number of hydroxylamine groups is 1. The van der Waals surface area contributed by atoms with E-state index in [9.17, 15) is 9.59 Å². The third-order valence-corrected chi connectivity index (χ3v) is 5.06. The fourth-order valence-electron chi connectivity index (χ4n) is 3.38. The molecule has 7 heteroatoms. The van der Waals surface area contributed by atoms with Crippen LogP contribution in [-0.4, -0.2) is 67.0 Å². The number of nitrogens with zero attached hydrogens (tertiary/aromatic N) is 3.